The monoisotopic (exact) mass is 295 g/mol. The first kappa shape index (κ1) is 15.3. The zero-order chi connectivity index (χ0) is 14.5. The molecule has 0 bridgehead atoms. The van der Waals surface area contributed by atoms with Gasteiger partial charge in [-0.1, -0.05) is 17.2 Å². The summed E-state index contributed by atoms with van der Waals surface area (Å²) in [6.07, 6.45) is 2.04. The van der Waals surface area contributed by atoms with E-state index in [1.807, 2.05) is 30.9 Å². The molecular weight excluding hydrogens is 274 g/mol. The Morgan fingerprint density at radius 2 is 1.85 bits per heavy atom. The highest BCUT2D eigenvalue weighted by atomic mass is 35.5. The number of alkyl halides is 1. The molecule has 110 valence electrons. The maximum atomic E-state index is 12.5. The lowest BCUT2D eigenvalue weighted by Gasteiger charge is -2.32. The average molecular weight is 296 g/mol. The van der Waals surface area contributed by atoms with Gasteiger partial charge >= 0.3 is 0 Å². The maximum absolute atomic E-state index is 12.5. The van der Waals surface area contributed by atoms with Crippen LogP contribution in [-0.2, 0) is 4.74 Å². The number of hydrogen-bond donors (Lipinski definition) is 0. The predicted molar refractivity (Wildman–Crippen MR) is 81.5 cm³/mol. The Morgan fingerprint density at radius 1 is 1.25 bits per heavy atom. The third kappa shape index (κ3) is 3.97. The summed E-state index contributed by atoms with van der Waals surface area (Å²) in [4.78, 5) is 14.4. The van der Waals surface area contributed by atoms with Gasteiger partial charge in [0.25, 0.3) is 5.91 Å². The molecule has 0 aliphatic carbocycles. The molecule has 0 unspecified atom stereocenters. The van der Waals surface area contributed by atoms with Crippen LogP contribution in [0.3, 0.4) is 0 Å². The Morgan fingerprint density at radius 3 is 2.40 bits per heavy atom. The van der Waals surface area contributed by atoms with E-state index in [1.165, 1.54) is 0 Å². The third-order valence-electron chi connectivity index (χ3n) is 3.63. The fourth-order valence-corrected chi connectivity index (χ4v) is 2.81. The molecular formula is C16H22ClNO2. The van der Waals surface area contributed by atoms with Crippen LogP contribution in [0.2, 0.25) is 0 Å². The highest BCUT2D eigenvalue weighted by Crippen LogP contribution is 2.18. The molecule has 0 spiro atoms. The molecule has 0 N–H and O–H groups in total. The molecule has 1 saturated heterocycles. The quantitative estimate of drug-likeness (QED) is 0.799. The number of aryl methyl sites for hydroxylation is 2. The van der Waals surface area contributed by atoms with Crippen LogP contribution >= 0.6 is 11.6 Å². The Bertz CT molecular complexity index is 447. The van der Waals surface area contributed by atoms with Crippen LogP contribution in [0.15, 0.2) is 18.2 Å². The number of amides is 1. The molecule has 1 amide bonds. The van der Waals surface area contributed by atoms with Crippen molar-refractivity contribution in [2.24, 2.45) is 0 Å². The number of carbonyl (C=O) groups excluding carboxylic acids is 1. The molecule has 1 aromatic rings. The van der Waals surface area contributed by atoms with Gasteiger partial charge in [-0.25, -0.2) is 0 Å². The van der Waals surface area contributed by atoms with Crippen molar-refractivity contribution in [3.05, 3.63) is 34.9 Å². The van der Waals surface area contributed by atoms with Crippen LogP contribution in [0.25, 0.3) is 0 Å². The van der Waals surface area contributed by atoms with Gasteiger partial charge in [0.15, 0.2) is 0 Å². The summed E-state index contributed by atoms with van der Waals surface area (Å²) >= 11 is 5.62. The molecule has 0 radical (unpaired) electrons. The van der Waals surface area contributed by atoms with E-state index in [4.69, 9.17) is 16.3 Å². The van der Waals surface area contributed by atoms with Crippen LogP contribution in [0, 0.1) is 13.8 Å². The van der Waals surface area contributed by atoms with E-state index >= 15 is 0 Å². The van der Waals surface area contributed by atoms with E-state index in [1.54, 1.807) is 0 Å². The van der Waals surface area contributed by atoms with Gasteiger partial charge in [-0.15, -0.1) is 11.6 Å². The highest BCUT2D eigenvalue weighted by Gasteiger charge is 2.24. The molecule has 1 fully saturated rings. The number of carbonyl (C=O) groups is 1. The van der Waals surface area contributed by atoms with Gasteiger partial charge in [0, 0.05) is 24.5 Å². The van der Waals surface area contributed by atoms with Gasteiger partial charge in [-0.2, -0.15) is 0 Å². The fraction of sp³-hybridized carbons (Fsp3) is 0.562. The van der Waals surface area contributed by atoms with Gasteiger partial charge in [0.2, 0.25) is 0 Å². The van der Waals surface area contributed by atoms with Crippen LogP contribution < -0.4 is 0 Å². The SMILES string of the molecule is Cc1cc(C)cc(C(=O)N2CCC(OCCCl)CC2)c1. The largest absolute Gasteiger partial charge is 0.377 e. The van der Waals surface area contributed by atoms with Gasteiger partial charge in [-0.3, -0.25) is 4.79 Å². The van der Waals surface area contributed by atoms with Crippen molar-refractivity contribution in [2.45, 2.75) is 32.8 Å². The summed E-state index contributed by atoms with van der Waals surface area (Å²) in [6.45, 7) is 6.17. The van der Waals surface area contributed by atoms with Crippen LogP contribution in [-0.4, -0.2) is 42.5 Å². The van der Waals surface area contributed by atoms with Gasteiger partial charge < -0.3 is 9.64 Å². The first-order valence-corrected chi connectivity index (χ1v) is 7.68. The van der Waals surface area contributed by atoms with Crippen LogP contribution in [0.5, 0.6) is 0 Å². The van der Waals surface area contributed by atoms with Crippen LogP contribution in [0.1, 0.15) is 34.3 Å². The summed E-state index contributed by atoms with van der Waals surface area (Å²) in [5, 5.41) is 0. The molecule has 0 aromatic heterocycles. The molecule has 1 aliphatic heterocycles. The lowest BCUT2D eigenvalue weighted by atomic mass is 10.0. The van der Waals surface area contributed by atoms with Crippen molar-refractivity contribution < 1.29 is 9.53 Å². The summed E-state index contributed by atoms with van der Waals surface area (Å²) in [5.74, 6) is 0.662. The van der Waals surface area contributed by atoms with E-state index in [-0.39, 0.29) is 12.0 Å². The Kier molecular flexibility index (Phi) is 5.44. The number of halogens is 1. The number of rotatable bonds is 4. The molecule has 4 heteroatoms. The minimum atomic E-state index is 0.132. The summed E-state index contributed by atoms with van der Waals surface area (Å²) < 4.78 is 5.63. The van der Waals surface area contributed by atoms with Crippen molar-refractivity contribution in [1.82, 2.24) is 4.90 Å². The third-order valence-corrected chi connectivity index (χ3v) is 3.78. The van der Waals surface area contributed by atoms with Crippen molar-refractivity contribution in [1.29, 1.82) is 0 Å². The van der Waals surface area contributed by atoms with Crippen molar-refractivity contribution in [3.63, 3.8) is 0 Å². The molecule has 0 saturated carbocycles. The van der Waals surface area contributed by atoms with Gasteiger partial charge in [0.05, 0.1) is 12.7 Å². The molecule has 2 rings (SSSR count). The maximum Gasteiger partial charge on any atom is 0.253 e. The molecule has 1 aliphatic rings. The van der Waals surface area contributed by atoms with Crippen molar-refractivity contribution in [3.8, 4) is 0 Å². The predicted octanol–water partition coefficient (Wildman–Crippen LogP) is 3.16. The molecule has 20 heavy (non-hydrogen) atoms. The normalized spacial score (nSPS) is 16.4. The highest BCUT2D eigenvalue weighted by molar-refractivity contribution is 6.17. The second-order valence-corrected chi connectivity index (χ2v) is 5.81. The number of hydrogen-bond acceptors (Lipinski definition) is 2. The molecule has 0 atom stereocenters. The summed E-state index contributed by atoms with van der Waals surface area (Å²) in [5.41, 5.74) is 3.06. The van der Waals surface area contributed by atoms with E-state index in [0.717, 1.165) is 42.6 Å². The summed E-state index contributed by atoms with van der Waals surface area (Å²) in [7, 11) is 0. The van der Waals surface area contributed by atoms with E-state index in [2.05, 4.69) is 6.07 Å². The fourth-order valence-electron chi connectivity index (χ4n) is 2.72. The van der Waals surface area contributed by atoms with Gasteiger partial charge in [-0.05, 0) is 38.8 Å². The minimum absolute atomic E-state index is 0.132. The number of benzene rings is 1. The lowest BCUT2D eigenvalue weighted by Crippen LogP contribution is -2.41. The van der Waals surface area contributed by atoms with Gasteiger partial charge in [0.1, 0.15) is 0 Å². The first-order chi connectivity index (χ1) is 9.60. The number of nitrogens with zero attached hydrogens (tertiary/aromatic N) is 1. The zero-order valence-electron chi connectivity index (χ0n) is 12.2. The van der Waals surface area contributed by atoms with Crippen LogP contribution in [0.4, 0.5) is 0 Å². The Labute approximate surface area is 125 Å². The Hall–Kier alpha value is -1.06. The number of likely N-dealkylation sites (tertiary alicyclic amines) is 1. The Balaban J connectivity index is 1.94. The number of piperidine rings is 1. The smallest absolute Gasteiger partial charge is 0.253 e. The topological polar surface area (TPSA) is 29.5 Å². The molecule has 1 aromatic carbocycles. The lowest BCUT2D eigenvalue weighted by molar-refractivity contribution is 0.0154. The van der Waals surface area contributed by atoms with Crippen molar-refractivity contribution >= 4 is 17.5 Å². The van der Waals surface area contributed by atoms with Crippen molar-refractivity contribution in [2.75, 3.05) is 25.6 Å². The first-order valence-electron chi connectivity index (χ1n) is 7.15. The zero-order valence-corrected chi connectivity index (χ0v) is 12.9. The number of ether oxygens (including phenoxy) is 1. The second kappa shape index (κ2) is 7.09. The average Bonchev–Trinajstić information content (AvgIpc) is 2.44. The summed E-state index contributed by atoms with van der Waals surface area (Å²) in [6, 6.07) is 6.01. The minimum Gasteiger partial charge on any atom is -0.377 e. The molecule has 1 heterocycles. The molecule has 3 nitrogen and oxygen atoms in total. The van der Waals surface area contributed by atoms with E-state index < -0.39 is 0 Å². The van der Waals surface area contributed by atoms with E-state index in [9.17, 15) is 4.79 Å². The second-order valence-electron chi connectivity index (χ2n) is 5.43. The van der Waals surface area contributed by atoms with E-state index in [0.29, 0.717) is 12.5 Å². The standard InChI is InChI=1S/C16H22ClNO2/c1-12-9-13(2)11-14(10-12)16(19)18-6-3-15(4-7-18)20-8-5-17/h9-11,15H,3-8H2,1-2H3.